The molecule has 3 rings (SSSR count). The van der Waals surface area contributed by atoms with Crippen LogP contribution in [-0.2, 0) is 13.2 Å². The molecule has 158 valence electrons. The van der Waals surface area contributed by atoms with Gasteiger partial charge in [0.25, 0.3) is 5.91 Å². The molecular weight excluding hydrogens is 399 g/mol. The van der Waals surface area contributed by atoms with E-state index in [9.17, 15) is 18.0 Å². The number of rotatable bonds is 6. The summed E-state index contributed by atoms with van der Waals surface area (Å²) in [6, 6.07) is 8.58. The quantitative estimate of drug-likeness (QED) is 0.657. The normalized spacial score (nSPS) is 12.3. The van der Waals surface area contributed by atoms with Gasteiger partial charge < -0.3 is 19.4 Å². The minimum Gasteiger partial charge on any atom is -0.497 e. The highest BCUT2D eigenvalue weighted by Crippen LogP contribution is 2.31. The summed E-state index contributed by atoms with van der Waals surface area (Å²) >= 11 is 0. The van der Waals surface area contributed by atoms with Gasteiger partial charge >= 0.3 is 6.18 Å². The third kappa shape index (κ3) is 4.56. The Kier molecular flexibility index (Phi) is 6.00. The molecule has 1 N–H and O–H groups in total. The lowest BCUT2D eigenvalue weighted by atomic mass is 10.0. The first kappa shape index (κ1) is 21.2. The van der Waals surface area contributed by atoms with Crippen molar-refractivity contribution in [3.05, 3.63) is 77.4 Å². The molecule has 2 aromatic carbocycles. The summed E-state index contributed by atoms with van der Waals surface area (Å²) in [6.45, 7) is 0. The summed E-state index contributed by atoms with van der Waals surface area (Å²) in [5, 5.41) is 2.77. The highest BCUT2D eigenvalue weighted by molar-refractivity contribution is 5.94. The van der Waals surface area contributed by atoms with Crippen LogP contribution in [0.3, 0.4) is 0 Å². The van der Waals surface area contributed by atoms with Crippen LogP contribution in [0.5, 0.6) is 11.5 Å². The van der Waals surface area contributed by atoms with Crippen molar-refractivity contribution in [2.24, 2.45) is 7.05 Å². The number of hydrogen-bond acceptors (Lipinski definition) is 4. The lowest BCUT2D eigenvalue weighted by molar-refractivity contribution is -0.137. The van der Waals surface area contributed by atoms with E-state index in [-0.39, 0.29) is 5.56 Å². The average molecular weight is 419 g/mol. The second kappa shape index (κ2) is 8.48. The molecule has 0 spiro atoms. The van der Waals surface area contributed by atoms with Crippen LogP contribution in [-0.4, -0.2) is 29.7 Å². The molecule has 1 amide bonds. The number of hydrogen-bond donors (Lipinski definition) is 1. The van der Waals surface area contributed by atoms with E-state index < -0.39 is 23.7 Å². The van der Waals surface area contributed by atoms with Crippen LogP contribution >= 0.6 is 0 Å². The molecule has 9 heteroatoms. The van der Waals surface area contributed by atoms with Crippen LogP contribution in [0.4, 0.5) is 13.2 Å². The summed E-state index contributed by atoms with van der Waals surface area (Å²) in [5.41, 5.74) is -0.411. The number of aryl methyl sites for hydroxylation is 1. The maximum absolute atomic E-state index is 13.0. The first-order chi connectivity index (χ1) is 14.2. The van der Waals surface area contributed by atoms with Crippen LogP contribution in [0.15, 0.2) is 54.9 Å². The molecule has 0 aliphatic heterocycles. The highest BCUT2D eigenvalue weighted by Gasteiger charge is 2.31. The van der Waals surface area contributed by atoms with E-state index in [1.165, 1.54) is 26.4 Å². The SMILES string of the molecule is COc1cc(OC)cc(C(NC(=O)c2cccc(C(F)(F)F)c2)c2nccn2C)c1. The van der Waals surface area contributed by atoms with Crippen LogP contribution in [0.2, 0.25) is 0 Å². The van der Waals surface area contributed by atoms with Gasteiger partial charge in [-0.25, -0.2) is 4.98 Å². The van der Waals surface area contributed by atoms with Gasteiger partial charge in [0.15, 0.2) is 0 Å². The summed E-state index contributed by atoms with van der Waals surface area (Å²) in [6.07, 6.45) is -1.28. The molecule has 0 saturated carbocycles. The molecule has 0 fully saturated rings. The summed E-state index contributed by atoms with van der Waals surface area (Å²) < 4.78 is 51.4. The third-order valence-corrected chi connectivity index (χ3v) is 4.55. The number of alkyl halides is 3. The maximum Gasteiger partial charge on any atom is 0.416 e. The van der Waals surface area contributed by atoms with Crippen molar-refractivity contribution < 1.29 is 27.4 Å². The van der Waals surface area contributed by atoms with Crippen molar-refractivity contribution in [2.75, 3.05) is 14.2 Å². The Labute approximate surface area is 171 Å². The summed E-state index contributed by atoms with van der Waals surface area (Å²) in [4.78, 5) is 17.1. The number of ether oxygens (including phenoxy) is 2. The fourth-order valence-electron chi connectivity index (χ4n) is 3.00. The molecule has 1 heterocycles. The Morgan fingerprint density at radius 2 is 1.77 bits per heavy atom. The number of carbonyl (C=O) groups excluding carboxylic acids is 1. The Balaban J connectivity index is 2.01. The Morgan fingerprint density at radius 1 is 1.10 bits per heavy atom. The number of imidazole rings is 1. The number of carbonyl (C=O) groups is 1. The zero-order valence-corrected chi connectivity index (χ0v) is 16.5. The van der Waals surface area contributed by atoms with E-state index in [0.717, 1.165) is 12.1 Å². The number of halogens is 3. The molecule has 1 aromatic heterocycles. The predicted molar refractivity (Wildman–Crippen MR) is 104 cm³/mol. The lowest BCUT2D eigenvalue weighted by Gasteiger charge is -2.21. The second-order valence-corrected chi connectivity index (χ2v) is 6.53. The topological polar surface area (TPSA) is 65.4 Å². The van der Waals surface area contributed by atoms with Gasteiger partial charge in [0.1, 0.15) is 23.4 Å². The standard InChI is InChI=1S/C21H20F3N3O3/c1-27-8-7-25-19(27)18(14-10-16(29-2)12-17(11-14)30-3)26-20(28)13-5-4-6-15(9-13)21(22,23)24/h4-12,18H,1-3H3,(H,26,28). The van der Waals surface area contributed by atoms with Crippen molar-refractivity contribution in [3.63, 3.8) is 0 Å². The predicted octanol–water partition coefficient (Wildman–Crippen LogP) is 3.98. The Bertz CT molecular complexity index is 1020. The van der Waals surface area contributed by atoms with Crippen molar-refractivity contribution in [1.29, 1.82) is 0 Å². The van der Waals surface area contributed by atoms with E-state index in [4.69, 9.17) is 9.47 Å². The Morgan fingerprint density at radius 3 is 2.30 bits per heavy atom. The van der Waals surface area contributed by atoms with Gasteiger partial charge in [-0.2, -0.15) is 13.2 Å². The van der Waals surface area contributed by atoms with Gasteiger partial charge in [0, 0.05) is 31.1 Å². The molecule has 0 bridgehead atoms. The number of benzene rings is 2. The zero-order chi connectivity index (χ0) is 21.9. The molecule has 0 aliphatic carbocycles. The van der Waals surface area contributed by atoms with Crippen molar-refractivity contribution in [3.8, 4) is 11.5 Å². The van der Waals surface area contributed by atoms with E-state index >= 15 is 0 Å². The lowest BCUT2D eigenvalue weighted by Crippen LogP contribution is -2.31. The molecule has 1 atom stereocenters. The first-order valence-corrected chi connectivity index (χ1v) is 8.91. The number of nitrogens with one attached hydrogen (secondary N) is 1. The zero-order valence-electron chi connectivity index (χ0n) is 16.5. The fraction of sp³-hybridized carbons (Fsp3) is 0.238. The van der Waals surface area contributed by atoms with Gasteiger partial charge in [-0.15, -0.1) is 0 Å². The largest absolute Gasteiger partial charge is 0.497 e. The smallest absolute Gasteiger partial charge is 0.416 e. The molecule has 3 aromatic rings. The Hall–Kier alpha value is -3.49. The molecule has 30 heavy (non-hydrogen) atoms. The monoisotopic (exact) mass is 419 g/mol. The van der Waals surface area contributed by atoms with Crippen LogP contribution < -0.4 is 14.8 Å². The maximum atomic E-state index is 13.0. The van der Waals surface area contributed by atoms with Crippen molar-refractivity contribution >= 4 is 5.91 Å². The van der Waals surface area contributed by atoms with Gasteiger partial charge in [-0.1, -0.05) is 6.07 Å². The van der Waals surface area contributed by atoms with Crippen molar-refractivity contribution in [2.45, 2.75) is 12.2 Å². The third-order valence-electron chi connectivity index (χ3n) is 4.55. The number of nitrogens with zero attached hydrogens (tertiary/aromatic N) is 2. The average Bonchev–Trinajstić information content (AvgIpc) is 3.16. The fourth-order valence-corrected chi connectivity index (χ4v) is 3.00. The first-order valence-electron chi connectivity index (χ1n) is 8.91. The summed E-state index contributed by atoms with van der Waals surface area (Å²) in [5.74, 6) is 0.815. The van der Waals surface area contributed by atoms with Crippen LogP contribution in [0.1, 0.15) is 33.4 Å². The summed E-state index contributed by atoms with van der Waals surface area (Å²) in [7, 11) is 4.74. The van der Waals surface area contributed by atoms with Gasteiger partial charge in [0.2, 0.25) is 0 Å². The molecule has 0 radical (unpaired) electrons. The van der Waals surface area contributed by atoms with Gasteiger partial charge in [0.05, 0.1) is 19.8 Å². The van der Waals surface area contributed by atoms with Gasteiger partial charge in [-0.05, 0) is 35.9 Å². The highest BCUT2D eigenvalue weighted by atomic mass is 19.4. The van der Waals surface area contributed by atoms with E-state index in [1.807, 2.05) is 0 Å². The minimum absolute atomic E-state index is 0.112. The molecule has 6 nitrogen and oxygen atoms in total. The van der Waals surface area contributed by atoms with Crippen molar-refractivity contribution in [1.82, 2.24) is 14.9 Å². The van der Waals surface area contributed by atoms with E-state index in [2.05, 4.69) is 10.3 Å². The van der Waals surface area contributed by atoms with Crippen LogP contribution in [0.25, 0.3) is 0 Å². The number of amides is 1. The molecule has 1 unspecified atom stereocenters. The molecule has 0 aliphatic rings. The molecular formula is C21H20F3N3O3. The number of aromatic nitrogens is 2. The van der Waals surface area contributed by atoms with E-state index in [1.54, 1.807) is 42.2 Å². The van der Waals surface area contributed by atoms with Crippen LogP contribution in [0, 0.1) is 0 Å². The van der Waals surface area contributed by atoms with Gasteiger partial charge in [-0.3, -0.25) is 4.79 Å². The number of methoxy groups -OCH3 is 2. The second-order valence-electron chi connectivity index (χ2n) is 6.53. The minimum atomic E-state index is -4.55. The molecule has 0 saturated heterocycles. The van der Waals surface area contributed by atoms with E-state index in [0.29, 0.717) is 22.9 Å².